The number of aliphatic imine (C=N–C) groups is 1. The minimum atomic E-state index is -1.21. The molecule has 0 heterocycles. The normalized spacial score (nSPS) is 14.2. The molecule has 49 heavy (non-hydrogen) atoms. The van der Waals surface area contributed by atoms with Crippen LogP contribution in [0.4, 0.5) is 0 Å². The zero-order valence-corrected chi connectivity index (χ0v) is 29.2. The van der Waals surface area contributed by atoms with E-state index in [0.717, 1.165) is 11.6 Å². The predicted molar refractivity (Wildman–Crippen MR) is 184 cm³/mol. The summed E-state index contributed by atoms with van der Waals surface area (Å²) in [5.41, 5.74) is 11.7. The van der Waals surface area contributed by atoms with E-state index in [9.17, 15) is 33.9 Å². The fourth-order valence-corrected chi connectivity index (χ4v) is 4.93. The number of amides is 2. The van der Waals surface area contributed by atoms with Gasteiger partial charge in [-0.2, -0.15) is 0 Å². The monoisotopic (exact) mass is 687 g/mol. The summed E-state index contributed by atoms with van der Waals surface area (Å²) in [6.45, 7) is 9.22. The number of carbonyl (C=O) groups excluding carboxylic acids is 5. The number of aliphatic carboxylic acids is 1. The summed E-state index contributed by atoms with van der Waals surface area (Å²) in [6.07, 6.45) is 2.33. The fourth-order valence-electron chi connectivity index (χ4n) is 4.93. The van der Waals surface area contributed by atoms with Gasteiger partial charge in [0.05, 0.1) is 37.5 Å². The number of hydrogen-bond donors (Lipinski definition) is 5. The average Bonchev–Trinajstić information content (AvgIpc) is 3.04. The lowest BCUT2D eigenvalue weighted by Gasteiger charge is -2.27. The Balaban J connectivity index is 3.18. The zero-order valence-electron chi connectivity index (χ0n) is 29.2. The molecule has 0 aromatic heterocycles. The zero-order chi connectivity index (χ0) is 36.9. The first-order valence-electron chi connectivity index (χ1n) is 16.6. The molecule has 0 aliphatic rings. The number of ketones is 1. The first kappa shape index (κ1) is 42.3. The fraction of sp³-hybridized carbons (Fsp3) is 0.571. The predicted octanol–water partition coefficient (Wildman–Crippen LogP) is 2.63. The van der Waals surface area contributed by atoms with E-state index in [-0.39, 0.29) is 56.8 Å². The van der Waals surface area contributed by atoms with E-state index in [0.29, 0.717) is 12.8 Å². The Morgan fingerprint density at radius 3 is 2.12 bits per heavy atom. The van der Waals surface area contributed by atoms with Crippen molar-refractivity contribution in [2.45, 2.75) is 91.8 Å². The number of nitrogens with one attached hydrogen (secondary N) is 2. The Morgan fingerprint density at radius 1 is 0.898 bits per heavy atom. The molecule has 0 fully saturated rings. The molecule has 0 saturated heterocycles. The third-order valence-corrected chi connectivity index (χ3v) is 7.98. The van der Waals surface area contributed by atoms with E-state index < -0.39 is 65.8 Å². The first-order chi connectivity index (χ1) is 23.2. The van der Waals surface area contributed by atoms with Crippen LogP contribution in [0.25, 0.3) is 0 Å². The number of nitrogens with zero attached hydrogens (tertiary/aromatic N) is 1. The Labute approximate surface area is 288 Å². The van der Waals surface area contributed by atoms with E-state index in [1.165, 1.54) is 6.08 Å². The van der Waals surface area contributed by atoms with Crippen molar-refractivity contribution in [2.24, 2.45) is 40.1 Å². The molecule has 0 saturated carbocycles. The van der Waals surface area contributed by atoms with Gasteiger partial charge in [-0.05, 0) is 37.2 Å². The van der Waals surface area contributed by atoms with E-state index in [4.69, 9.17) is 20.9 Å². The van der Waals surface area contributed by atoms with Crippen molar-refractivity contribution in [1.29, 1.82) is 0 Å². The third kappa shape index (κ3) is 17.3. The van der Waals surface area contributed by atoms with Gasteiger partial charge in [0.25, 0.3) is 0 Å². The summed E-state index contributed by atoms with van der Waals surface area (Å²) >= 11 is 0. The summed E-state index contributed by atoms with van der Waals surface area (Å²) in [7, 11) is 0. The van der Waals surface area contributed by atoms with E-state index in [1.54, 1.807) is 27.7 Å². The molecule has 0 aliphatic heterocycles. The number of esters is 2. The van der Waals surface area contributed by atoms with Gasteiger partial charge in [0.2, 0.25) is 11.8 Å². The molecule has 1 rings (SSSR count). The summed E-state index contributed by atoms with van der Waals surface area (Å²) < 4.78 is 10.2. The molecule has 0 radical (unpaired) electrons. The van der Waals surface area contributed by atoms with Gasteiger partial charge >= 0.3 is 17.9 Å². The highest BCUT2D eigenvalue weighted by atomic mass is 16.5. The van der Waals surface area contributed by atoms with Crippen molar-refractivity contribution in [1.82, 2.24) is 10.6 Å². The highest BCUT2D eigenvalue weighted by Crippen LogP contribution is 2.23. The summed E-state index contributed by atoms with van der Waals surface area (Å²) in [5, 5.41) is 14.8. The van der Waals surface area contributed by atoms with Crippen LogP contribution < -0.4 is 22.1 Å². The third-order valence-electron chi connectivity index (χ3n) is 7.98. The number of Topliss-reactive ketones (excluding diaryl/α,β-unsaturated/α-hetero) is 1. The SMILES string of the molecule is CCOC(=O)/C=C/[C@H](CC(=O)O)NC(=O)[C@@H](CC(=O)[C@H](CCCN=C(N)N)NC(=O)[C@@H](CC(=O)OCc1ccccc1)C(C)C)C(C)CC. The number of carboxylic acids is 1. The van der Waals surface area contributed by atoms with Gasteiger partial charge in [0.1, 0.15) is 6.61 Å². The van der Waals surface area contributed by atoms with Gasteiger partial charge in [-0.3, -0.25) is 29.0 Å². The van der Waals surface area contributed by atoms with Crippen LogP contribution in [0, 0.1) is 23.7 Å². The number of nitrogens with two attached hydrogens (primary N) is 2. The molecular formula is C35H53N5O9. The van der Waals surface area contributed by atoms with Crippen LogP contribution in [0.5, 0.6) is 0 Å². The molecule has 14 nitrogen and oxygen atoms in total. The number of guanidine groups is 1. The number of rotatable bonds is 23. The molecule has 7 N–H and O–H groups in total. The van der Waals surface area contributed by atoms with Gasteiger partial charge in [-0.25, -0.2) is 4.79 Å². The maximum Gasteiger partial charge on any atom is 0.330 e. The van der Waals surface area contributed by atoms with Crippen LogP contribution in [-0.4, -0.2) is 71.8 Å². The second kappa shape index (κ2) is 22.8. The maximum absolute atomic E-state index is 13.8. The average molecular weight is 688 g/mol. The van der Waals surface area contributed by atoms with Crippen LogP contribution in [-0.2, 0) is 44.8 Å². The van der Waals surface area contributed by atoms with E-state index >= 15 is 0 Å². The molecule has 0 spiro atoms. The lowest BCUT2D eigenvalue weighted by Crippen LogP contribution is -2.47. The quantitative estimate of drug-likeness (QED) is 0.0369. The topological polar surface area (TPSA) is 230 Å². The largest absolute Gasteiger partial charge is 0.481 e. The van der Waals surface area contributed by atoms with Crippen molar-refractivity contribution in [3.8, 4) is 0 Å². The minimum absolute atomic E-state index is 0.0585. The van der Waals surface area contributed by atoms with E-state index in [1.807, 2.05) is 37.3 Å². The first-order valence-corrected chi connectivity index (χ1v) is 16.6. The second-order valence-corrected chi connectivity index (χ2v) is 12.2. The van der Waals surface area contributed by atoms with Crippen LogP contribution in [0.2, 0.25) is 0 Å². The molecule has 0 aliphatic carbocycles. The van der Waals surface area contributed by atoms with Gasteiger partial charge < -0.3 is 36.7 Å². The molecule has 5 atom stereocenters. The molecule has 1 aromatic rings. The summed E-state index contributed by atoms with van der Waals surface area (Å²) in [6, 6.07) is 7.06. The van der Waals surface area contributed by atoms with Crippen LogP contribution in [0.3, 0.4) is 0 Å². The minimum Gasteiger partial charge on any atom is -0.481 e. The number of ether oxygens (including phenoxy) is 2. The van der Waals surface area contributed by atoms with Gasteiger partial charge in [-0.1, -0.05) is 70.5 Å². The van der Waals surface area contributed by atoms with Crippen molar-refractivity contribution in [3.63, 3.8) is 0 Å². The summed E-state index contributed by atoms with van der Waals surface area (Å²) in [4.78, 5) is 80.8. The number of carbonyl (C=O) groups is 6. The molecule has 2 amide bonds. The second-order valence-electron chi connectivity index (χ2n) is 12.2. The van der Waals surface area contributed by atoms with E-state index in [2.05, 4.69) is 15.6 Å². The van der Waals surface area contributed by atoms with Crippen molar-refractivity contribution >= 4 is 41.5 Å². The van der Waals surface area contributed by atoms with Crippen molar-refractivity contribution < 1.29 is 43.3 Å². The Morgan fingerprint density at radius 2 is 1.55 bits per heavy atom. The van der Waals surface area contributed by atoms with Crippen LogP contribution in [0.1, 0.15) is 78.7 Å². The number of benzene rings is 1. The molecule has 14 heteroatoms. The Bertz CT molecular complexity index is 1300. The lowest BCUT2D eigenvalue weighted by molar-refractivity contribution is -0.149. The Kier molecular flexibility index (Phi) is 19.6. The lowest BCUT2D eigenvalue weighted by atomic mass is 9.84. The molecule has 0 bridgehead atoms. The van der Waals surface area contributed by atoms with Gasteiger partial charge in [-0.15, -0.1) is 0 Å². The molecule has 272 valence electrons. The molecular weight excluding hydrogens is 634 g/mol. The number of hydrogen-bond acceptors (Lipinski definition) is 9. The molecule has 1 aromatic carbocycles. The van der Waals surface area contributed by atoms with Gasteiger partial charge in [0, 0.05) is 25.0 Å². The molecule has 1 unspecified atom stereocenters. The Hall–Kier alpha value is -4.75. The highest BCUT2D eigenvalue weighted by Gasteiger charge is 2.34. The standard InChI is InChI=1S/C35H53N5O9/c1-6-23(5)27(34(47)39-25(18-30(42)43)15-16-31(44)48-7-2)19-29(41)28(14-11-17-38-35(36)37)40-33(46)26(22(3)4)20-32(45)49-21-24-12-9-8-10-13-24/h8-10,12-13,15-16,22-23,25-28H,6-7,11,14,17-21H2,1-5H3,(H,39,47)(H,40,46)(H,42,43)(H4,36,37,38)/b16-15+/t23?,25-,26+,27+,28+/m1/s1. The van der Waals surface area contributed by atoms with Gasteiger partial charge in [0.15, 0.2) is 11.7 Å². The van der Waals surface area contributed by atoms with Crippen LogP contribution in [0.15, 0.2) is 47.5 Å². The highest BCUT2D eigenvalue weighted by molar-refractivity contribution is 5.94. The number of carboxylic acid groups (broad SMARTS) is 1. The van der Waals surface area contributed by atoms with Crippen molar-refractivity contribution in [2.75, 3.05) is 13.2 Å². The van der Waals surface area contributed by atoms with Crippen molar-refractivity contribution in [3.05, 3.63) is 48.0 Å². The van der Waals surface area contributed by atoms with Crippen LogP contribution >= 0.6 is 0 Å². The smallest absolute Gasteiger partial charge is 0.330 e. The maximum atomic E-state index is 13.8. The summed E-state index contributed by atoms with van der Waals surface area (Å²) in [5.74, 6) is -6.34.